The molecule has 8 heteroatoms. The van der Waals surface area contributed by atoms with E-state index in [-0.39, 0.29) is 5.97 Å². The Kier molecular flexibility index (Phi) is 5.76. The van der Waals surface area contributed by atoms with Crippen LogP contribution >= 0.6 is 0 Å². The zero-order valence-electron chi connectivity index (χ0n) is 17.5. The molecule has 1 aliphatic rings. The topological polar surface area (TPSA) is 84.6 Å². The van der Waals surface area contributed by atoms with Crippen LogP contribution in [0.15, 0.2) is 40.9 Å². The molecule has 0 atom stereocenters. The molecule has 3 heterocycles. The summed E-state index contributed by atoms with van der Waals surface area (Å²) in [5.41, 5.74) is 3.30. The number of pyridine rings is 1. The fourth-order valence-corrected chi connectivity index (χ4v) is 3.63. The molecule has 0 spiro atoms. The highest BCUT2D eigenvalue weighted by Gasteiger charge is 2.21. The molecule has 30 heavy (non-hydrogen) atoms. The van der Waals surface area contributed by atoms with Gasteiger partial charge in [0.2, 0.25) is 11.7 Å². The van der Waals surface area contributed by atoms with Gasteiger partial charge in [0.05, 0.1) is 24.9 Å². The van der Waals surface area contributed by atoms with E-state index < -0.39 is 0 Å². The van der Waals surface area contributed by atoms with Crippen LogP contribution in [0.2, 0.25) is 0 Å². The molecule has 0 saturated carbocycles. The normalized spacial score (nSPS) is 14.7. The van der Waals surface area contributed by atoms with Crippen LogP contribution in [0.4, 0.5) is 5.82 Å². The van der Waals surface area contributed by atoms with E-state index in [1.54, 1.807) is 6.07 Å². The summed E-state index contributed by atoms with van der Waals surface area (Å²) in [6.45, 7) is 7.89. The lowest BCUT2D eigenvalue weighted by molar-refractivity contribution is 0.0599. The van der Waals surface area contributed by atoms with Crippen molar-refractivity contribution in [1.29, 1.82) is 0 Å². The lowest BCUT2D eigenvalue weighted by Crippen LogP contribution is -2.46. The summed E-state index contributed by atoms with van der Waals surface area (Å²) in [4.78, 5) is 25.4. The largest absolute Gasteiger partial charge is 0.465 e. The van der Waals surface area contributed by atoms with Gasteiger partial charge in [-0.1, -0.05) is 29.4 Å². The van der Waals surface area contributed by atoms with Crippen molar-refractivity contribution in [2.24, 2.45) is 0 Å². The van der Waals surface area contributed by atoms with Gasteiger partial charge in [-0.2, -0.15) is 4.98 Å². The Labute approximate surface area is 175 Å². The van der Waals surface area contributed by atoms with E-state index in [4.69, 9.17) is 9.26 Å². The molecule has 1 aromatic carbocycles. The van der Waals surface area contributed by atoms with Gasteiger partial charge in [0.25, 0.3) is 0 Å². The summed E-state index contributed by atoms with van der Waals surface area (Å²) in [7, 11) is 1.38. The second-order valence-electron chi connectivity index (χ2n) is 7.38. The lowest BCUT2D eigenvalue weighted by Gasteiger charge is -2.34. The molecule has 156 valence electrons. The average Bonchev–Trinajstić information content (AvgIpc) is 3.22. The Morgan fingerprint density at radius 3 is 2.53 bits per heavy atom. The maximum Gasteiger partial charge on any atom is 0.339 e. The van der Waals surface area contributed by atoms with Crippen LogP contribution in [0.3, 0.4) is 0 Å². The fourth-order valence-electron chi connectivity index (χ4n) is 3.63. The van der Waals surface area contributed by atoms with Crippen molar-refractivity contribution in [2.75, 3.05) is 38.2 Å². The first-order chi connectivity index (χ1) is 14.5. The van der Waals surface area contributed by atoms with Gasteiger partial charge in [0, 0.05) is 31.7 Å². The molecule has 4 rings (SSSR count). The Balaban J connectivity index is 1.36. The summed E-state index contributed by atoms with van der Waals surface area (Å²) in [6, 6.07) is 11.7. The number of aromatic nitrogens is 3. The average molecular weight is 407 g/mol. The number of benzene rings is 1. The highest BCUT2D eigenvalue weighted by Crippen LogP contribution is 2.21. The smallest absolute Gasteiger partial charge is 0.339 e. The highest BCUT2D eigenvalue weighted by atomic mass is 16.5. The third kappa shape index (κ3) is 4.18. The Morgan fingerprint density at radius 2 is 1.83 bits per heavy atom. The SMILES string of the molecule is COC(=O)c1ccc(N2CCN(Cc3nc(-c4ccccc4C)no3)CC2)nc1C. The first kappa shape index (κ1) is 20.0. The van der Waals surface area contributed by atoms with Gasteiger partial charge in [-0.3, -0.25) is 4.90 Å². The van der Waals surface area contributed by atoms with Crippen LogP contribution in [0, 0.1) is 13.8 Å². The number of ether oxygens (including phenoxy) is 1. The van der Waals surface area contributed by atoms with Crippen LogP contribution in [0.1, 0.15) is 27.5 Å². The molecule has 1 saturated heterocycles. The number of aryl methyl sites for hydroxylation is 2. The standard InChI is InChI=1S/C22H25N5O3/c1-15-6-4-5-7-17(15)21-24-20(30-25-21)14-26-10-12-27(13-11-26)19-9-8-18(16(2)23-19)22(28)29-3/h4-9H,10-14H2,1-3H3. The number of carbonyl (C=O) groups is 1. The van der Waals surface area contributed by atoms with Gasteiger partial charge >= 0.3 is 5.97 Å². The molecule has 3 aromatic rings. The number of rotatable bonds is 5. The molecule has 0 unspecified atom stereocenters. The molecule has 0 aliphatic carbocycles. The van der Waals surface area contributed by atoms with Gasteiger partial charge in [-0.25, -0.2) is 9.78 Å². The molecular formula is C22H25N5O3. The van der Waals surface area contributed by atoms with E-state index in [9.17, 15) is 4.79 Å². The number of nitrogens with zero attached hydrogens (tertiary/aromatic N) is 5. The predicted octanol–water partition coefficient (Wildman–Crippen LogP) is 2.86. The summed E-state index contributed by atoms with van der Waals surface area (Å²) in [5.74, 6) is 1.77. The zero-order valence-corrected chi connectivity index (χ0v) is 17.5. The number of esters is 1. The summed E-state index contributed by atoms with van der Waals surface area (Å²) in [5, 5.41) is 4.14. The van der Waals surface area contributed by atoms with Crippen molar-refractivity contribution in [2.45, 2.75) is 20.4 Å². The Hall–Kier alpha value is -3.26. The predicted molar refractivity (Wildman–Crippen MR) is 112 cm³/mol. The third-order valence-corrected chi connectivity index (χ3v) is 5.39. The number of anilines is 1. The minimum atomic E-state index is -0.360. The summed E-state index contributed by atoms with van der Waals surface area (Å²) < 4.78 is 10.3. The molecule has 0 bridgehead atoms. The van der Waals surface area contributed by atoms with E-state index in [0.29, 0.717) is 29.5 Å². The maximum atomic E-state index is 11.7. The molecule has 2 aromatic heterocycles. The minimum absolute atomic E-state index is 0.360. The second kappa shape index (κ2) is 8.62. The lowest BCUT2D eigenvalue weighted by atomic mass is 10.1. The van der Waals surface area contributed by atoms with Crippen LogP contribution < -0.4 is 4.90 Å². The van der Waals surface area contributed by atoms with E-state index >= 15 is 0 Å². The molecule has 1 fully saturated rings. The van der Waals surface area contributed by atoms with Crippen LogP contribution in [0.25, 0.3) is 11.4 Å². The van der Waals surface area contributed by atoms with Crippen molar-refractivity contribution in [1.82, 2.24) is 20.0 Å². The van der Waals surface area contributed by atoms with E-state index in [2.05, 4.69) is 24.9 Å². The number of carbonyl (C=O) groups excluding carboxylic acids is 1. The van der Waals surface area contributed by atoms with Crippen molar-refractivity contribution in [3.05, 3.63) is 59.1 Å². The van der Waals surface area contributed by atoms with Gasteiger partial charge in [-0.05, 0) is 31.5 Å². The van der Waals surface area contributed by atoms with Crippen LogP contribution in [0.5, 0.6) is 0 Å². The molecule has 1 aliphatic heterocycles. The van der Waals surface area contributed by atoms with E-state index in [1.807, 2.05) is 44.2 Å². The maximum absolute atomic E-state index is 11.7. The van der Waals surface area contributed by atoms with Gasteiger partial charge in [-0.15, -0.1) is 0 Å². The van der Waals surface area contributed by atoms with E-state index in [1.165, 1.54) is 7.11 Å². The van der Waals surface area contributed by atoms with Crippen molar-refractivity contribution < 1.29 is 14.1 Å². The highest BCUT2D eigenvalue weighted by molar-refractivity contribution is 5.90. The van der Waals surface area contributed by atoms with Gasteiger partial charge in [0.1, 0.15) is 5.82 Å². The quantitative estimate of drug-likeness (QED) is 0.597. The van der Waals surface area contributed by atoms with Crippen LogP contribution in [-0.4, -0.2) is 59.3 Å². The van der Waals surface area contributed by atoms with Crippen molar-refractivity contribution in [3.63, 3.8) is 0 Å². The fraction of sp³-hybridized carbons (Fsp3) is 0.364. The first-order valence-corrected chi connectivity index (χ1v) is 9.97. The molecule has 0 amide bonds. The van der Waals surface area contributed by atoms with Crippen molar-refractivity contribution >= 4 is 11.8 Å². The summed E-state index contributed by atoms with van der Waals surface area (Å²) in [6.07, 6.45) is 0. The monoisotopic (exact) mass is 407 g/mol. The minimum Gasteiger partial charge on any atom is -0.465 e. The first-order valence-electron chi connectivity index (χ1n) is 9.97. The van der Waals surface area contributed by atoms with Gasteiger partial charge in [0.15, 0.2) is 0 Å². The molecule has 8 nitrogen and oxygen atoms in total. The molecule has 0 N–H and O–H groups in total. The Morgan fingerprint density at radius 1 is 1.07 bits per heavy atom. The number of hydrogen-bond acceptors (Lipinski definition) is 8. The zero-order chi connectivity index (χ0) is 21.1. The molecule has 0 radical (unpaired) electrons. The van der Waals surface area contributed by atoms with Crippen LogP contribution in [-0.2, 0) is 11.3 Å². The Bertz CT molecular complexity index is 1040. The van der Waals surface area contributed by atoms with E-state index in [0.717, 1.165) is 43.1 Å². The number of hydrogen-bond donors (Lipinski definition) is 0. The third-order valence-electron chi connectivity index (χ3n) is 5.39. The van der Waals surface area contributed by atoms with Gasteiger partial charge < -0.3 is 14.2 Å². The molecular weight excluding hydrogens is 382 g/mol. The summed E-state index contributed by atoms with van der Waals surface area (Å²) >= 11 is 0. The second-order valence-corrected chi connectivity index (χ2v) is 7.38. The number of piperazine rings is 1. The van der Waals surface area contributed by atoms with Crippen molar-refractivity contribution in [3.8, 4) is 11.4 Å². The number of methoxy groups -OCH3 is 1.